The van der Waals surface area contributed by atoms with E-state index < -0.39 is 0 Å². The number of hydrogen-bond acceptors (Lipinski definition) is 4. The molecule has 29 heavy (non-hydrogen) atoms. The summed E-state index contributed by atoms with van der Waals surface area (Å²) in [5, 5.41) is 4.23. The van der Waals surface area contributed by atoms with Gasteiger partial charge in [-0.05, 0) is 43.0 Å². The molecule has 0 radical (unpaired) electrons. The van der Waals surface area contributed by atoms with Gasteiger partial charge in [0.05, 0.1) is 0 Å². The van der Waals surface area contributed by atoms with Gasteiger partial charge in [0.1, 0.15) is 5.69 Å². The zero-order valence-electron chi connectivity index (χ0n) is 16.4. The molecule has 0 aromatic carbocycles. The molecule has 1 saturated heterocycles. The Kier molecular flexibility index (Phi) is 4.30. The highest BCUT2D eigenvalue weighted by Gasteiger charge is 2.37. The lowest BCUT2D eigenvalue weighted by molar-refractivity contribution is 0.0582. The minimum absolute atomic E-state index is 0.0262. The van der Waals surface area contributed by atoms with Gasteiger partial charge in [-0.3, -0.25) is 19.3 Å². The molecule has 7 heteroatoms. The Hall–Kier alpha value is -3.22. The summed E-state index contributed by atoms with van der Waals surface area (Å²) in [5.41, 5.74) is 3.51. The molecule has 7 nitrogen and oxygen atoms in total. The van der Waals surface area contributed by atoms with Gasteiger partial charge in [-0.1, -0.05) is 6.07 Å². The standard InChI is InChI=1S/C22H23N5O2/c1-2-27-19(5-7-24-27)22(29)25-12-15-8-18(14-25)20-9-17(10-21(28)26(20)13-15)16-4-3-6-23-11-16/h3-7,9-11,15,18H,2,8,12-14H2,1H3/t15-,18+/m0/s1. The lowest BCUT2D eigenvalue weighted by Gasteiger charge is -2.42. The maximum atomic E-state index is 13.1. The van der Waals surface area contributed by atoms with E-state index in [2.05, 4.69) is 16.1 Å². The molecule has 0 unspecified atom stereocenters. The molecular formula is C22H23N5O2. The second-order valence-electron chi connectivity index (χ2n) is 7.90. The van der Waals surface area contributed by atoms with Crippen LogP contribution >= 0.6 is 0 Å². The molecule has 1 amide bonds. The van der Waals surface area contributed by atoms with Crippen LogP contribution in [0.3, 0.4) is 0 Å². The average Bonchev–Trinajstić information content (AvgIpc) is 3.23. The molecule has 2 aliphatic rings. The first-order valence-corrected chi connectivity index (χ1v) is 10.1. The Labute approximate surface area is 168 Å². The first kappa shape index (κ1) is 17.8. The number of amides is 1. The van der Waals surface area contributed by atoms with Gasteiger partial charge in [0.15, 0.2) is 0 Å². The summed E-state index contributed by atoms with van der Waals surface area (Å²) >= 11 is 0. The third-order valence-electron chi connectivity index (χ3n) is 6.07. The van der Waals surface area contributed by atoms with Crippen molar-refractivity contribution >= 4 is 5.91 Å². The van der Waals surface area contributed by atoms with Crippen LogP contribution < -0.4 is 5.56 Å². The number of carbonyl (C=O) groups excluding carboxylic acids is 1. The second kappa shape index (κ2) is 6.99. The number of nitrogens with zero attached hydrogens (tertiary/aromatic N) is 5. The van der Waals surface area contributed by atoms with Crippen molar-refractivity contribution < 1.29 is 4.79 Å². The number of hydrogen-bond donors (Lipinski definition) is 0. The van der Waals surface area contributed by atoms with E-state index in [9.17, 15) is 9.59 Å². The van der Waals surface area contributed by atoms with Gasteiger partial charge in [0.25, 0.3) is 11.5 Å². The first-order valence-electron chi connectivity index (χ1n) is 10.1. The third kappa shape index (κ3) is 3.06. The maximum Gasteiger partial charge on any atom is 0.272 e. The van der Waals surface area contributed by atoms with E-state index in [-0.39, 0.29) is 17.4 Å². The minimum atomic E-state index is 0.0262. The molecule has 0 aliphatic carbocycles. The van der Waals surface area contributed by atoms with Gasteiger partial charge in [-0.2, -0.15) is 5.10 Å². The maximum absolute atomic E-state index is 13.1. The third-order valence-corrected chi connectivity index (χ3v) is 6.07. The van der Waals surface area contributed by atoms with E-state index in [1.165, 1.54) is 0 Å². The molecule has 0 spiro atoms. The Balaban J connectivity index is 1.49. The molecule has 0 saturated carbocycles. The largest absolute Gasteiger partial charge is 0.336 e. The summed E-state index contributed by atoms with van der Waals surface area (Å²) in [4.78, 5) is 32.1. The summed E-state index contributed by atoms with van der Waals surface area (Å²) in [5.74, 6) is 0.483. The van der Waals surface area contributed by atoms with Crippen molar-refractivity contribution in [2.24, 2.45) is 5.92 Å². The zero-order chi connectivity index (χ0) is 20.0. The highest BCUT2D eigenvalue weighted by Crippen LogP contribution is 2.37. The van der Waals surface area contributed by atoms with Crippen molar-refractivity contribution in [1.82, 2.24) is 24.2 Å². The molecule has 1 fully saturated rings. The molecule has 5 heterocycles. The van der Waals surface area contributed by atoms with Crippen LogP contribution in [-0.2, 0) is 13.1 Å². The summed E-state index contributed by atoms with van der Waals surface area (Å²) in [6, 6.07) is 9.43. The number of piperidine rings is 1. The van der Waals surface area contributed by atoms with Crippen molar-refractivity contribution in [3.63, 3.8) is 0 Å². The Morgan fingerprint density at radius 1 is 1.14 bits per heavy atom. The fourth-order valence-corrected chi connectivity index (χ4v) is 4.75. The highest BCUT2D eigenvalue weighted by atomic mass is 16.2. The molecule has 2 aliphatic heterocycles. The number of aryl methyl sites for hydroxylation is 1. The van der Waals surface area contributed by atoms with Crippen molar-refractivity contribution in [2.75, 3.05) is 13.1 Å². The molecule has 3 aromatic rings. The number of aromatic nitrogens is 4. The zero-order valence-corrected chi connectivity index (χ0v) is 16.4. The summed E-state index contributed by atoms with van der Waals surface area (Å²) < 4.78 is 3.64. The summed E-state index contributed by atoms with van der Waals surface area (Å²) in [6.07, 6.45) is 6.19. The predicted molar refractivity (Wildman–Crippen MR) is 109 cm³/mol. The van der Waals surface area contributed by atoms with Crippen LogP contribution in [0, 0.1) is 5.92 Å². The lowest BCUT2D eigenvalue weighted by Crippen LogP contribution is -2.49. The van der Waals surface area contributed by atoms with Crippen LogP contribution in [0.4, 0.5) is 0 Å². The molecule has 2 bridgehead atoms. The van der Waals surface area contributed by atoms with Crippen LogP contribution in [-0.4, -0.2) is 43.2 Å². The SMILES string of the molecule is CCn1nccc1C(=O)N1C[C@@H]2C[C@H](C1)c1cc(-c3cccnc3)cc(=O)n1C2. The molecule has 0 N–H and O–H groups in total. The van der Waals surface area contributed by atoms with Gasteiger partial charge in [-0.25, -0.2) is 0 Å². The number of fused-ring (bicyclic) bond motifs is 4. The van der Waals surface area contributed by atoms with E-state index in [1.807, 2.05) is 28.5 Å². The van der Waals surface area contributed by atoms with Crippen molar-refractivity contribution in [1.29, 1.82) is 0 Å². The fraction of sp³-hybridized carbons (Fsp3) is 0.364. The quantitative estimate of drug-likeness (QED) is 0.689. The van der Waals surface area contributed by atoms with Crippen LogP contribution in [0.1, 0.15) is 35.4 Å². The average molecular weight is 389 g/mol. The van der Waals surface area contributed by atoms with E-state index in [1.54, 1.807) is 35.4 Å². The molecule has 5 rings (SSSR count). The number of rotatable bonds is 3. The van der Waals surface area contributed by atoms with Crippen LogP contribution in [0.2, 0.25) is 0 Å². The molecule has 148 valence electrons. The smallest absolute Gasteiger partial charge is 0.272 e. The number of carbonyl (C=O) groups is 1. The van der Waals surface area contributed by atoms with Gasteiger partial charge in [-0.15, -0.1) is 0 Å². The van der Waals surface area contributed by atoms with Gasteiger partial charge < -0.3 is 9.47 Å². The van der Waals surface area contributed by atoms with Crippen LogP contribution in [0.25, 0.3) is 11.1 Å². The Morgan fingerprint density at radius 3 is 2.83 bits per heavy atom. The van der Waals surface area contributed by atoms with Crippen LogP contribution in [0.5, 0.6) is 0 Å². The fourth-order valence-electron chi connectivity index (χ4n) is 4.75. The van der Waals surface area contributed by atoms with Crippen LogP contribution in [0.15, 0.2) is 53.7 Å². The molecule has 3 aromatic heterocycles. The van der Waals surface area contributed by atoms with Crippen molar-refractivity contribution in [3.05, 3.63) is 70.7 Å². The molecular weight excluding hydrogens is 366 g/mol. The summed E-state index contributed by atoms with van der Waals surface area (Å²) in [7, 11) is 0. The normalized spacial score (nSPS) is 20.4. The van der Waals surface area contributed by atoms with E-state index in [0.717, 1.165) is 23.2 Å². The van der Waals surface area contributed by atoms with E-state index in [4.69, 9.17) is 0 Å². The predicted octanol–water partition coefficient (Wildman–Crippen LogP) is 2.39. The Bertz CT molecular complexity index is 1120. The topological polar surface area (TPSA) is 73.0 Å². The monoisotopic (exact) mass is 389 g/mol. The highest BCUT2D eigenvalue weighted by molar-refractivity contribution is 5.92. The number of pyridine rings is 2. The van der Waals surface area contributed by atoms with E-state index >= 15 is 0 Å². The summed E-state index contributed by atoms with van der Waals surface area (Å²) in [6.45, 7) is 4.62. The lowest BCUT2D eigenvalue weighted by atomic mass is 9.82. The van der Waals surface area contributed by atoms with E-state index in [0.29, 0.717) is 37.8 Å². The van der Waals surface area contributed by atoms with Gasteiger partial charge in [0.2, 0.25) is 0 Å². The van der Waals surface area contributed by atoms with Crippen molar-refractivity contribution in [2.45, 2.75) is 32.4 Å². The van der Waals surface area contributed by atoms with Gasteiger partial charge in [0, 0.05) is 68.0 Å². The second-order valence-corrected chi connectivity index (χ2v) is 7.90. The first-order chi connectivity index (χ1) is 14.1. The van der Waals surface area contributed by atoms with Gasteiger partial charge >= 0.3 is 0 Å². The Morgan fingerprint density at radius 2 is 2.03 bits per heavy atom. The number of likely N-dealkylation sites (tertiary alicyclic amines) is 1. The minimum Gasteiger partial charge on any atom is -0.336 e. The van der Waals surface area contributed by atoms with Crippen molar-refractivity contribution in [3.8, 4) is 11.1 Å². The molecule has 2 atom stereocenters.